The van der Waals surface area contributed by atoms with E-state index in [0.29, 0.717) is 110 Å². The second kappa shape index (κ2) is 53.6. The van der Waals surface area contributed by atoms with Gasteiger partial charge < -0.3 is 67.5 Å². The highest BCUT2D eigenvalue weighted by molar-refractivity contribution is 7.18. The molecule has 5 aromatic heterocycles. The zero-order valence-electron chi connectivity index (χ0n) is 54.1. The molecule has 35 heteroatoms. The Balaban J connectivity index is 0.00000111. The number of thiazole rings is 5. The van der Waals surface area contributed by atoms with Crippen LogP contribution in [0.3, 0.4) is 0 Å². The van der Waals surface area contributed by atoms with Crippen molar-refractivity contribution in [1.29, 1.82) is 0 Å². The molecule has 0 radical (unpaired) electrons. The first-order valence-corrected chi connectivity index (χ1v) is 34.1. The van der Waals surface area contributed by atoms with Gasteiger partial charge in [-0.05, 0) is 132 Å². The van der Waals surface area contributed by atoms with Gasteiger partial charge in [0, 0.05) is 17.7 Å². The lowest BCUT2D eigenvalue weighted by Crippen LogP contribution is -2.16. The largest absolute Gasteiger partial charge is 0.508 e. The van der Waals surface area contributed by atoms with Gasteiger partial charge in [-0.2, -0.15) is 0 Å². The number of esters is 3. The van der Waals surface area contributed by atoms with Crippen LogP contribution >= 0.6 is 91.5 Å². The fourth-order valence-corrected chi connectivity index (χ4v) is 9.16. The van der Waals surface area contributed by atoms with Crippen LogP contribution in [0.4, 0.5) is 5.13 Å². The van der Waals surface area contributed by atoms with Gasteiger partial charge >= 0.3 is 17.9 Å². The second-order valence-electron chi connectivity index (χ2n) is 18.6. The molecule has 0 atom stereocenters. The van der Waals surface area contributed by atoms with Crippen LogP contribution in [0, 0.1) is 11.8 Å². The monoisotopic (exact) mass is 1500 g/mol. The number of aldehydes is 2. The van der Waals surface area contributed by atoms with Crippen molar-refractivity contribution in [3.05, 3.63) is 154 Å². The van der Waals surface area contributed by atoms with E-state index in [2.05, 4.69) is 67.4 Å². The number of ether oxygens (including phenoxy) is 6. The quantitative estimate of drug-likeness (QED) is 0.00971. The lowest BCUT2D eigenvalue weighted by Gasteiger charge is -2.07. The normalized spacial score (nSPS) is 9.63. The van der Waals surface area contributed by atoms with Crippen LogP contribution in [0.1, 0.15) is 143 Å². The van der Waals surface area contributed by atoms with Crippen molar-refractivity contribution in [2.75, 3.05) is 51.1 Å². The van der Waals surface area contributed by atoms with Gasteiger partial charge in [-0.1, -0.05) is 120 Å². The number of nitrogens with one attached hydrogen (secondary N) is 1. The summed E-state index contributed by atoms with van der Waals surface area (Å²) in [5.41, 5.74) is 28.1. The fourth-order valence-electron chi connectivity index (χ4n) is 5.61. The topological polar surface area (TPSA) is 436 Å². The molecule has 0 aliphatic rings. The molecule has 3 aromatic carbocycles. The number of hydrogen-bond donors (Lipinski definition) is 7. The van der Waals surface area contributed by atoms with Gasteiger partial charge in [0.2, 0.25) is 0 Å². The van der Waals surface area contributed by atoms with E-state index in [9.17, 15) is 43.2 Å². The number of amides is 3. The van der Waals surface area contributed by atoms with Crippen LogP contribution in [-0.2, 0) is 35.1 Å². The number of aromatic nitrogens is 5. The van der Waals surface area contributed by atoms with Crippen molar-refractivity contribution >= 4 is 151 Å². The molecule has 528 valence electrons. The molecule has 0 aliphatic heterocycles. The first-order chi connectivity index (χ1) is 46.2. The highest BCUT2D eigenvalue weighted by Crippen LogP contribution is 2.28. The highest BCUT2D eigenvalue weighted by atomic mass is 35.5. The van der Waals surface area contributed by atoms with Crippen LogP contribution in [0.2, 0.25) is 8.93 Å². The minimum absolute atomic E-state index is 0.0478. The Morgan fingerprint density at radius 2 is 0.948 bits per heavy atom. The number of anilines is 1. The Kier molecular flexibility index (Phi) is 48.8. The van der Waals surface area contributed by atoms with E-state index in [1.165, 1.54) is 55.1 Å². The van der Waals surface area contributed by atoms with Crippen molar-refractivity contribution in [3.8, 4) is 27.6 Å². The number of carbonyl (C=O) groups is 9. The summed E-state index contributed by atoms with van der Waals surface area (Å²) in [5.74, 6) is 0.263. The third kappa shape index (κ3) is 43.3. The van der Waals surface area contributed by atoms with E-state index in [1.54, 1.807) is 64.1 Å². The second-order valence-corrected chi connectivity index (χ2v) is 25.1. The molecule has 0 spiro atoms. The summed E-state index contributed by atoms with van der Waals surface area (Å²) in [5, 5.41) is 13.3. The third-order valence-corrected chi connectivity index (χ3v) is 15.2. The Bertz CT molecular complexity index is 3480. The molecule has 5 heterocycles. The lowest BCUT2D eigenvalue weighted by molar-refractivity contribution is -0.140. The molecule has 0 saturated carbocycles. The van der Waals surface area contributed by atoms with E-state index in [1.807, 2.05) is 24.3 Å². The molecule has 0 aliphatic carbocycles. The summed E-state index contributed by atoms with van der Waals surface area (Å²) in [6, 6.07) is 20.4. The number of nitrogen functional groups attached to an aromatic ring is 1. The predicted molar refractivity (Wildman–Crippen MR) is 379 cm³/mol. The summed E-state index contributed by atoms with van der Waals surface area (Å²) in [7, 11) is 0. The van der Waals surface area contributed by atoms with Gasteiger partial charge in [-0.25, -0.2) is 34.5 Å². The number of nitrogens with two attached hydrogens (primary N) is 5. The number of alkyl halides is 1. The van der Waals surface area contributed by atoms with Crippen molar-refractivity contribution < 1.29 is 76.7 Å². The molecular formula is C62H78Cl3N11O16S5. The van der Waals surface area contributed by atoms with Crippen LogP contribution in [0.25, 0.3) is 0 Å². The fraction of sp³-hybridized carbons (Fsp3) is 0.323. The maximum atomic E-state index is 11.0. The molecule has 27 nitrogen and oxygen atoms in total. The van der Waals surface area contributed by atoms with Crippen molar-refractivity contribution in [3.63, 3.8) is 0 Å². The molecule has 8 aromatic rings. The van der Waals surface area contributed by atoms with Crippen molar-refractivity contribution in [1.82, 2.24) is 30.2 Å². The minimum atomic E-state index is -0.534. The average Bonchev–Trinajstić information content (AvgIpc) is 1.91. The zero-order chi connectivity index (χ0) is 73.1. The first kappa shape index (κ1) is 88.4. The van der Waals surface area contributed by atoms with E-state index in [4.69, 9.17) is 87.5 Å². The molecule has 12 N–H and O–H groups in total. The maximum Gasteiger partial charge on any atom is 0.350 e. The Morgan fingerprint density at radius 1 is 0.546 bits per heavy atom. The number of phenolic OH excluding ortho intramolecular Hbond substituents is 1. The summed E-state index contributed by atoms with van der Waals surface area (Å²) in [6.45, 7) is 20.5. The lowest BCUT2D eigenvalue weighted by atomic mass is 10.1. The predicted octanol–water partition coefficient (Wildman–Crippen LogP) is 12.0. The Hall–Kier alpha value is -8.57. The van der Waals surface area contributed by atoms with Crippen LogP contribution < -0.4 is 43.5 Å². The number of hydrogen-bond acceptors (Lipinski definition) is 29. The minimum Gasteiger partial charge on any atom is -0.508 e. The van der Waals surface area contributed by atoms with E-state index in [-0.39, 0.29) is 29.5 Å². The number of rotatable bonds is 24. The van der Waals surface area contributed by atoms with Gasteiger partial charge in [0.05, 0.1) is 57.4 Å². The van der Waals surface area contributed by atoms with Crippen LogP contribution in [0.5, 0.6) is 27.6 Å². The summed E-state index contributed by atoms with van der Waals surface area (Å²) < 4.78 is 29.7. The van der Waals surface area contributed by atoms with Gasteiger partial charge in [0.25, 0.3) is 34.6 Å². The Labute approximate surface area is 596 Å². The summed E-state index contributed by atoms with van der Waals surface area (Å²) in [4.78, 5) is 115. The van der Waals surface area contributed by atoms with E-state index >= 15 is 0 Å². The summed E-state index contributed by atoms with van der Waals surface area (Å²) >= 11 is 21.5. The smallest absolute Gasteiger partial charge is 0.350 e. The molecule has 0 unspecified atom stereocenters. The maximum absolute atomic E-state index is 11.0. The number of halogens is 3. The van der Waals surface area contributed by atoms with Gasteiger partial charge in [-0.15, -0.1) is 11.6 Å². The van der Waals surface area contributed by atoms with E-state index < -0.39 is 17.7 Å². The molecule has 3 amide bonds. The van der Waals surface area contributed by atoms with Crippen LogP contribution in [-0.4, -0.2) is 130 Å². The zero-order valence-corrected chi connectivity index (χ0v) is 60.5. The SMILES string of the molecule is CC(C)CCN.CC(C)CCNCc1ccc(Oc2ncc(C(N)=O)s2)cc1.CCOC(=O)CCl.CCOC(=O)c1cnc(Cl)s1.CCOC(=O)c1cnc(N)s1.CCOC=O.NC(=O)c1cnc(Cl)s1.NC(=O)c1cnc(Oc2ccc(C=O)cc2)s1.O=Cc1ccc(O)cc1. The van der Waals surface area contributed by atoms with Gasteiger partial charge in [-0.3, -0.25) is 33.6 Å². The number of phenols is 1. The number of aromatic hydroxyl groups is 1. The third-order valence-electron chi connectivity index (χ3n) is 10.1. The van der Waals surface area contributed by atoms with Crippen LogP contribution in [0.15, 0.2) is 104 Å². The molecular weight excluding hydrogens is 1420 g/mol. The molecule has 97 heavy (non-hydrogen) atoms. The number of primary amides is 3. The number of nitrogens with zero attached hydrogens (tertiary/aromatic N) is 5. The standard InChI is InChI=1S/C16H21N3O2S.C11H8N2O3S.C7H6O2.C6H6ClNO2S.C6H8N2O2S.C5H13N.C4H3ClN2OS.C4H7ClO2.C3H6O2/c1-11(2)7-8-18-9-12-3-5-13(6-4-12)21-16-19-10-14(22-16)15(17)20;12-10(15)9-5-13-11(17-9)16-8-3-1-7(6-14)2-4-8;8-5-6-1-3-7(9)4-2-6;2*1-2-10-5(9)4-3-8-6(7)11-4;1-5(2)3-4-6;5-4-7-1-2(9-4)3(6)8;1-2-7-4(6)3-5;1-2-5-3-4/h3-6,10-11,18H,7-9H2,1-2H3,(H2,17,20);1-6H,(H2,12,15);1-5,9H;3H,2H2,1H3;3H,2H2,1H3,(H2,7,8);5H,3-4,6H2,1-2H3;1H,(H2,6,8);2-3H2,1H3;3H,2H2,1H3. The number of benzene rings is 3. The summed E-state index contributed by atoms with van der Waals surface area (Å²) in [6.07, 6.45) is 10.8. The number of carbonyl (C=O) groups excluding carboxylic acids is 9. The van der Waals surface area contributed by atoms with Crippen molar-refractivity contribution in [2.24, 2.45) is 34.8 Å². The molecule has 0 saturated heterocycles. The van der Waals surface area contributed by atoms with Crippen molar-refractivity contribution in [2.45, 2.75) is 74.8 Å². The average molecular weight is 1500 g/mol. The molecule has 0 fully saturated rings. The molecule has 8 rings (SSSR count). The molecule has 0 bridgehead atoms. The van der Waals surface area contributed by atoms with E-state index in [0.717, 1.165) is 101 Å². The van der Waals surface area contributed by atoms with Gasteiger partial charge in [0.15, 0.2) is 14.1 Å². The Morgan fingerprint density at radius 3 is 1.25 bits per heavy atom. The highest BCUT2D eigenvalue weighted by Gasteiger charge is 2.13. The van der Waals surface area contributed by atoms with Gasteiger partial charge in [0.1, 0.15) is 60.1 Å². The first-order valence-electron chi connectivity index (χ1n) is 28.7.